The molecule has 1 aromatic heterocycles. The van der Waals surface area contributed by atoms with Gasteiger partial charge < -0.3 is 10.2 Å². The lowest BCUT2D eigenvalue weighted by atomic mass is 10.0. The fourth-order valence-electron chi connectivity index (χ4n) is 3.30. The normalized spacial score (nSPS) is 13.0. The van der Waals surface area contributed by atoms with Gasteiger partial charge in [0.05, 0.1) is 12.4 Å². The van der Waals surface area contributed by atoms with Gasteiger partial charge in [-0.2, -0.15) is 0 Å². The first-order valence-corrected chi connectivity index (χ1v) is 9.16. The van der Waals surface area contributed by atoms with Crippen molar-refractivity contribution in [1.82, 2.24) is 9.97 Å². The van der Waals surface area contributed by atoms with Crippen LogP contribution in [-0.4, -0.2) is 28.2 Å². The van der Waals surface area contributed by atoms with Crippen molar-refractivity contribution >= 4 is 23.2 Å². The summed E-state index contributed by atoms with van der Waals surface area (Å²) in [7, 11) is 0. The number of carbonyl (C=O) groups is 2. The zero-order chi connectivity index (χ0) is 19.5. The van der Waals surface area contributed by atoms with Crippen LogP contribution in [0.3, 0.4) is 0 Å². The number of aromatic nitrogens is 2. The van der Waals surface area contributed by atoms with Crippen LogP contribution in [0.4, 0.5) is 11.5 Å². The Morgan fingerprint density at radius 2 is 1.82 bits per heavy atom. The summed E-state index contributed by atoms with van der Waals surface area (Å²) in [4.78, 5) is 34.8. The Hall–Kier alpha value is -3.54. The maximum Gasteiger partial charge on any atom is 0.275 e. The fourth-order valence-corrected chi connectivity index (χ4v) is 3.30. The summed E-state index contributed by atoms with van der Waals surface area (Å²) in [5.74, 6) is 0.344. The average molecular weight is 372 g/mol. The predicted molar refractivity (Wildman–Crippen MR) is 108 cm³/mol. The highest BCUT2D eigenvalue weighted by molar-refractivity contribution is 6.03. The highest BCUT2D eigenvalue weighted by Crippen LogP contribution is 2.22. The zero-order valence-corrected chi connectivity index (χ0v) is 15.6. The van der Waals surface area contributed by atoms with Crippen LogP contribution in [0.1, 0.15) is 38.9 Å². The smallest absolute Gasteiger partial charge is 0.275 e. The Morgan fingerprint density at radius 3 is 2.57 bits per heavy atom. The van der Waals surface area contributed by atoms with Gasteiger partial charge in [0.1, 0.15) is 11.5 Å². The fraction of sp³-hybridized carbons (Fsp3) is 0.182. The van der Waals surface area contributed by atoms with Crippen molar-refractivity contribution in [2.75, 3.05) is 16.8 Å². The molecule has 3 aromatic rings. The molecule has 0 aliphatic carbocycles. The first-order valence-electron chi connectivity index (χ1n) is 9.16. The molecule has 2 aromatic carbocycles. The number of nitrogens with one attached hydrogen (secondary N) is 1. The van der Waals surface area contributed by atoms with Gasteiger partial charge in [-0.05, 0) is 36.6 Å². The van der Waals surface area contributed by atoms with Crippen LogP contribution >= 0.6 is 0 Å². The summed E-state index contributed by atoms with van der Waals surface area (Å²) in [5, 5.41) is 2.76. The Bertz CT molecular complexity index is 1030. The number of carbonyl (C=O) groups excluding carboxylic acids is 2. The molecule has 0 bridgehead atoms. The van der Waals surface area contributed by atoms with Gasteiger partial charge in [0.25, 0.3) is 5.91 Å². The molecule has 1 N–H and O–H groups in total. The molecule has 0 spiro atoms. The summed E-state index contributed by atoms with van der Waals surface area (Å²) in [6.07, 6.45) is 4.08. The highest BCUT2D eigenvalue weighted by atomic mass is 16.2. The number of hydrogen-bond donors (Lipinski definition) is 1. The molecule has 6 nitrogen and oxygen atoms in total. The van der Waals surface area contributed by atoms with Crippen molar-refractivity contribution < 1.29 is 9.59 Å². The van der Waals surface area contributed by atoms with E-state index in [0.717, 1.165) is 25.3 Å². The third kappa shape index (κ3) is 3.76. The van der Waals surface area contributed by atoms with Crippen LogP contribution in [-0.2, 0) is 13.0 Å². The van der Waals surface area contributed by atoms with Crippen molar-refractivity contribution in [1.29, 1.82) is 0 Å². The minimum absolute atomic E-state index is 0.0525. The first-order chi connectivity index (χ1) is 13.6. The Labute approximate surface area is 163 Å². The van der Waals surface area contributed by atoms with Crippen LogP contribution in [0, 0.1) is 0 Å². The summed E-state index contributed by atoms with van der Waals surface area (Å²) >= 11 is 0. The third-order valence-corrected chi connectivity index (χ3v) is 4.85. The van der Waals surface area contributed by atoms with Crippen molar-refractivity contribution in [2.24, 2.45) is 0 Å². The molecule has 0 atom stereocenters. The quantitative estimate of drug-likeness (QED) is 0.710. The molecule has 1 aliphatic rings. The highest BCUT2D eigenvalue weighted by Gasteiger charge is 2.18. The molecule has 1 aliphatic heterocycles. The van der Waals surface area contributed by atoms with Gasteiger partial charge in [0.15, 0.2) is 5.78 Å². The molecular formula is C22H20N4O2. The van der Waals surface area contributed by atoms with Crippen molar-refractivity contribution in [2.45, 2.75) is 19.9 Å². The number of rotatable bonds is 4. The van der Waals surface area contributed by atoms with Crippen LogP contribution in [0.5, 0.6) is 0 Å². The van der Waals surface area contributed by atoms with Gasteiger partial charge in [0, 0.05) is 24.3 Å². The SMILES string of the molecule is CC(=O)c1cccc(NC(=O)c2cnc(N3CCc4ccccc4C3)cn2)c1. The Kier molecular flexibility index (Phi) is 4.85. The van der Waals surface area contributed by atoms with E-state index in [-0.39, 0.29) is 17.4 Å². The lowest BCUT2D eigenvalue weighted by Gasteiger charge is -2.29. The van der Waals surface area contributed by atoms with E-state index >= 15 is 0 Å². The van der Waals surface area contributed by atoms with E-state index in [1.165, 1.54) is 24.2 Å². The number of Topliss-reactive ketones (excluding diaryl/α,β-unsaturated/α-hetero) is 1. The van der Waals surface area contributed by atoms with Crippen LogP contribution < -0.4 is 10.2 Å². The molecule has 0 saturated heterocycles. The van der Waals surface area contributed by atoms with Crippen molar-refractivity contribution in [3.05, 3.63) is 83.3 Å². The standard InChI is InChI=1S/C22H20N4O2/c1-15(27)17-7-4-8-19(11-17)25-22(28)20-12-24-21(13-23-20)26-10-9-16-5-2-3-6-18(16)14-26/h2-8,11-13H,9-10,14H2,1H3,(H,25,28). The van der Waals surface area contributed by atoms with Gasteiger partial charge in [-0.15, -0.1) is 0 Å². The van der Waals surface area contributed by atoms with Gasteiger partial charge in [-0.3, -0.25) is 9.59 Å². The minimum Gasteiger partial charge on any atom is -0.351 e. The second-order valence-corrected chi connectivity index (χ2v) is 6.79. The molecule has 0 unspecified atom stereocenters. The Morgan fingerprint density at radius 1 is 1.00 bits per heavy atom. The zero-order valence-electron chi connectivity index (χ0n) is 15.6. The molecule has 140 valence electrons. The van der Waals surface area contributed by atoms with E-state index in [1.807, 2.05) is 6.07 Å². The first kappa shape index (κ1) is 17.9. The van der Waals surface area contributed by atoms with E-state index in [9.17, 15) is 9.59 Å². The molecule has 1 amide bonds. The summed E-state index contributed by atoms with van der Waals surface area (Å²) in [6, 6.07) is 15.2. The monoisotopic (exact) mass is 372 g/mol. The molecule has 4 rings (SSSR count). The third-order valence-electron chi connectivity index (χ3n) is 4.85. The van der Waals surface area contributed by atoms with E-state index in [2.05, 4.69) is 38.4 Å². The number of nitrogens with zero attached hydrogens (tertiary/aromatic N) is 3. The maximum absolute atomic E-state index is 12.4. The van der Waals surface area contributed by atoms with E-state index in [4.69, 9.17) is 0 Å². The summed E-state index contributed by atoms with van der Waals surface area (Å²) in [6.45, 7) is 3.15. The second kappa shape index (κ2) is 7.60. The molecule has 28 heavy (non-hydrogen) atoms. The van der Waals surface area contributed by atoms with E-state index in [1.54, 1.807) is 30.5 Å². The largest absolute Gasteiger partial charge is 0.351 e. The number of fused-ring (bicyclic) bond motifs is 1. The van der Waals surface area contributed by atoms with Crippen LogP contribution in [0.2, 0.25) is 0 Å². The Balaban J connectivity index is 1.45. The lowest BCUT2D eigenvalue weighted by Crippen LogP contribution is -2.31. The summed E-state index contributed by atoms with van der Waals surface area (Å²) < 4.78 is 0. The maximum atomic E-state index is 12.4. The van der Waals surface area contributed by atoms with Crippen LogP contribution in [0.15, 0.2) is 60.9 Å². The summed E-state index contributed by atoms with van der Waals surface area (Å²) in [5.41, 5.74) is 3.99. The molecule has 0 radical (unpaired) electrons. The van der Waals surface area contributed by atoms with Crippen molar-refractivity contribution in [3.8, 4) is 0 Å². The topological polar surface area (TPSA) is 75.2 Å². The lowest BCUT2D eigenvalue weighted by molar-refractivity contribution is 0.100. The van der Waals surface area contributed by atoms with E-state index < -0.39 is 0 Å². The molecule has 2 heterocycles. The van der Waals surface area contributed by atoms with Crippen LogP contribution in [0.25, 0.3) is 0 Å². The van der Waals surface area contributed by atoms with E-state index in [0.29, 0.717) is 11.3 Å². The average Bonchev–Trinajstić information content (AvgIpc) is 2.73. The van der Waals surface area contributed by atoms with Crippen molar-refractivity contribution in [3.63, 3.8) is 0 Å². The number of hydrogen-bond acceptors (Lipinski definition) is 5. The van der Waals surface area contributed by atoms with Gasteiger partial charge in [-0.25, -0.2) is 9.97 Å². The number of amides is 1. The molecule has 6 heteroatoms. The van der Waals surface area contributed by atoms with Gasteiger partial charge in [0.2, 0.25) is 0 Å². The molecule has 0 fully saturated rings. The number of benzene rings is 2. The van der Waals surface area contributed by atoms with Gasteiger partial charge in [-0.1, -0.05) is 36.4 Å². The second-order valence-electron chi connectivity index (χ2n) is 6.79. The molecular weight excluding hydrogens is 352 g/mol. The van der Waals surface area contributed by atoms with Gasteiger partial charge >= 0.3 is 0 Å². The number of anilines is 2. The predicted octanol–water partition coefficient (Wildman–Crippen LogP) is 3.49. The number of ketones is 1. The minimum atomic E-state index is -0.358. The molecule has 0 saturated carbocycles.